The molecule has 25 heavy (non-hydrogen) atoms. The molecule has 1 rings (SSSR count). The first-order valence-corrected chi connectivity index (χ1v) is 9.73. The Morgan fingerprint density at radius 3 is 1.68 bits per heavy atom. The first kappa shape index (κ1) is 25.5. The molecule has 0 unspecified atom stereocenters. The smallest absolute Gasteiger partial charge is 0.132 e. The number of unbranched alkanes of at least 4 members (excludes halogenated alkanes) is 1. The van der Waals surface area contributed by atoms with E-state index in [-0.39, 0.29) is 11.6 Å². The van der Waals surface area contributed by atoms with Gasteiger partial charge in [-0.3, -0.25) is 4.79 Å². The Hall–Kier alpha value is -1.70. The molecule has 0 heterocycles. The molecule has 1 aromatic rings. The SMILES string of the molecule is C=CCCCC(=O)CCCC(C)=O.CC.CCc1ccc(CC)cc1. The lowest BCUT2D eigenvalue weighted by atomic mass is 10.1. The summed E-state index contributed by atoms with van der Waals surface area (Å²) in [6.45, 7) is 13.5. The molecular weight excluding hydrogens is 308 g/mol. The van der Waals surface area contributed by atoms with Crippen molar-refractivity contribution in [3.05, 3.63) is 48.0 Å². The number of aryl methyl sites for hydroxylation is 2. The minimum Gasteiger partial charge on any atom is -0.300 e. The highest BCUT2D eigenvalue weighted by Gasteiger charge is 2.01. The molecule has 2 nitrogen and oxygen atoms in total. The number of benzene rings is 1. The molecule has 2 heteroatoms. The van der Waals surface area contributed by atoms with E-state index in [0.29, 0.717) is 25.7 Å². The van der Waals surface area contributed by atoms with Crippen molar-refractivity contribution < 1.29 is 9.59 Å². The molecule has 0 bridgehead atoms. The summed E-state index contributed by atoms with van der Waals surface area (Å²) in [5.41, 5.74) is 2.86. The molecule has 0 amide bonds. The molecule has 1 aromatic carbocycles. The van der Waals surface area contributed by atoms with E-state index in [0.717, 1.165) is 25.7 Å². The van der Waals surface area contributed by atoms with E-state index in [1.54, 1.807) is 6.92 Å². The van der Waals surface area contributed by atoms with Crippen molar-refractivity contribution in [2.24, 2.45) is 0 Å². The van der Waals surface area contributed by atoms with Crippen molar-refractivity contribution in [1.29, 1.82) is 0 Å². The molecule has 0 atom stereocenters. The number of Topliss-reactive ketones (excluding diaryl/α,β-unsaturated/α-hetero) is 2. The third-order valence-corrected chi connectivity index (χ3v) is 3.69. The first-order valence-electron chi connectivity index (χ1n) is 9.73. The molecule has 0 spiro atoms. The second-order valence-corrected chi connectivity index (χ2v) is 5.80. The van der Waals surface area contributed by atoms with Crippen molar-refractivity contribution >= 4 is 11.6 Å². The van der Waals surface area contributed by atoms with Gasteiger partial charge in [0.25, 0.3) is 0 Å². The summed E-state index contributed by atoms with van der Waals surface area (Å²) in [7, 11) is 0. The van der Waals surface area contributed by atoms with Gasteiger partial charge in [-0.05, 0) is 50.2 Å². The van der Waals surface area contributed by atoms with Crippen LogP contribution in [0.4, 0.5) is 0 Å². The van der Waals surface area contributed by atoms with E-state index in [2.05, 4.69) is 44.7 Å². The molecular formula is C23H38O2. The number of carbonyl (C=O) groups is 2. The van der Waals surface area contributed by atoms with Crippen LogP contribution < -0.4 is 0 Å². The van der Waals surface area contributed by atoms with Gasteiger partial charge in [0.1, 0.15) is 11.6 Å². The predicted octanol–water partition coefficient (Wildman–Crippen LogP) is 6.51. The van der Waals surface area contributed by atoms with Gasteiger partial charge in [0, 0.05) is 19.3 Å². The van der Waals surface area contributed by atoms with Gasteiger partial charge in [0.05, 0.1) is 0 Å². The Morgan fingerprint density at radius 2 is 1.32 bits per heavy atom. The summed E-state index contributed by atoms with van der Waals surface area (Å²) < 4.78 is 0. The Labute approximate surface area is 155 Å². The Morgan fingerprint density at radius 1 is 0.880 bits per heavy atom. The maximum absolute atomic E-state index is 11.2. The van der Waals surface area contributed by atoms with Gasteiger partial charge < -0.3 is 4.79 Å². The van der Waals surface area contributed by atoms with Gasteiger partial charge in [-0.1, -0.05) is 58.0 Å². The Kier molecular flexibility index (Phi) is 19.0. The van der Waals surface area contributed by atoms with Gasteiger partial charge in [-0.2, -0.15) is 0 Å². The summed E-state index contributed by atoms with van der Waals surface area (Å²) in [5.74, 6) is 0.432. The second kappa shape index (κ2) is 18.6. The maximum atomic E-state index is 11.2. The van der Waals surface area contributed by atoms with E-state index in [1.165, 1.54) is 11.1 Å². The zero-order valence-electron chi connectivity index (χ0n) is 17.1. The predicted molar refractivity (Wildman–Crippen MR) is 110 cm³/mol. The molecule has 0 aromatic heterocycles. The van der Waals surface area contributed by atoms with Crippen molar-refractivity contribution in [2.75, 3.05) is 0 Å². The second-order valence-electron chi connectivity index (χ2n) is 5.80. The van der Waals surface area contributed by atoms with Crippen LogP contribution in [0.15, 0.2) is 36.9 Å². The van der Waals surface area contributed by atoms with Crippen molar-refractivity contribution in [3.8, 4) is 0 Å². The minimum atomic E-state index is 0.166. The maximum Gasteiger partial charge on any atom is 0.132 e. The zero-order valence-corrected chi connectivity index (χ0v) is 17.1. The van der Waals surface area contributed by atoms with Gasteiger partial charge >= 0.3 is 0 Å². The highest BCUT2D eigenvalue weighted by molar-refractivity contribution is 5.80. The molecule has 0 aliphatic rings. The van der Waals surface area contributed by atoms with Gasteiger partial charge in [-0.25, -0.2) is 0 Å². The van der Waals surface area contributed by atoms with Crippen LogP contribution in [-0.2, 0) is 22.4 Å². The third-order valence-electron chi connectivity index (χ3n) is 3.69. The number of hydrogen-bond acceptors (Lipinski definition) is 2. The molecule has 0 fully saturated rings. The van der Waals surface area contributed by atoms with E-state index in [9.17, 15) is 9.59 Å². The number of carbonyl (C=O) groups excluding carboxylic acids is 2. The topological polar surface area (TPSA) is 34.1 Å². The van der Waals surface area contributed by atoms with Crippen molar-refractivity contribution in [2.45, 2.75) is 86.0 Å². The largest absolute Gasteiger partial charge is 0.300 e. The van der Waals surface area contributed by atoms with Crippen molar-refractivity contribution in [3.63, 3.8) is 0 Å². The number of ketones is 2. The normalized spacial score (nSPS) is 9.16. The fourth-order valence-corrected chi connectivity index (χ4v) is 2.11. The zero-order chi connectivity index (χ0) is 19.5. The standard InChI is InChI=1S/C11H18O2.C10H14.C2H6/c1-3-4-5-8-11(13)9-6-7-10(2)12;1-3-9-5-7-10(4-2)8-6-9;1-2/h3H,1,4-9H2,2H3;5-8H,3-4H2,1-2H3;1-2H3. The van der Waals surface area contributed by atoms with Crippen LogP contribution in [0.5, 0.6) is 0 Å². The quantitative estimate of drug-likeness (QED) is 0.357. The first-order chi connectivity index (χ1) is 12.0. The molecule has 0 aliphatic carbocycles. The highest BCUT2D eigenvalue weighted by Crippen LogP contribution is 2.05. The summed E-state index contributed by atoms with van der Waals surface area (Å²) >= 11 is 0. The van der Waals surface area contributed by atoms with E-state index in [1.807, 2.05) is 19.9 Å². The molecule has 0 radical (unpaired) electrons. The summed E-state index contributed by atoms with van der Waals surface area (Å²) in [6.07, 6.45) is 8.33. The number of hydrogen-bond donors (Lipinski definition) is 0. The summed E-state index contributed by atoms with van der Waals surface area (Å²) in [4.78, 5) is 21.7. The highest BCUT2D eigenvalue weighted by atomic mass is 16.1. The molecule has 0 N–H and O–H groups in total. The summed E-state index contributed by atoms with van der Waals surface area (Å²) in [6, 6.07) is 8.83. The fraction of sp³-hybridized carbons (Fsp3) is 0.565. The van der Waals surface area contributed by atoms with Crippen LogP contribution in [0.2, 0.25) is 0 Å². The lowest BCUT2D eigenvalue weighted by Gasteiger charge is -1.97. The van der Waals surface area contributed by atoms with Crippen LogP contribution in [0.3, 0.4) is 0 Å². The van der Waals surface area contributed by atoms with Crippen LogP contribution >= 0.6 is 0 Å². The van der Waals surface area contributed by atoms with E-state index < -0.39 is 0 Å². The van der Waals surface area contributed by atoms with Gasteiger partial charge in [0.15, 0.2) is 0 Å². The van der Waals surface area contributed by atoms with Gasteiger partial charge in [0.2, 0.25) is 0 Å². The monoisotopic (exact) mass is 346 g/mol. The Bertz CT molecular complexity index is 434. The lowest BCUT2D eigenvalue weighted by molar-refractivity contribution is -0.119. The van der Waals surface area contributed by atoms with Crippen molar-refractivity contribution in [1.82, 2.24) is 0 Å². The number of allylic oxidation sites excluding steroid dienone is 1. The molecule has 0 aliphatic heterocycles. The molecule has 0 saturated carbocycles. The average Bonchev–Trinajstić information content (AvgIpc) is 2.64. The van der Waals surface area contributed by atoms with Crippen LogP contribution in [-0.4, -0.2) is 11.6 Å². The fourth-order valence-electron chi connectivity index (χ4n) is 2.11. The van der Waals surface area contributed by atoms with E-state index >= 15 is 0 Å². The summed E-state index contributed by atoms with van der Waals surface area (Å²) in [5, 5.41) is 0. The molecule has 0 saturated heterocycles. The lowest BCUT2D eigenvalue weighted by Crippen LogP contribution is -1.99. The third kappa shape index (κ3) is 16.9. The van der Waals surface area contributed by atoms with E-state index in [4.69, 9.17) is 0 Å². The molecule has 142 valence electrons. The average molecular weight is 347 g/mol. The Balaban J connectivity index is 0. The minimum absolute atomic E-state index is 0.166. The van der Waals surface area contributed by atoms with Gasteiger partial charge in [-0.15, -0.1) is 6.58 Å². The van der Waals surface area contributed by atoms with Crippen LogP contribution in [0.1, 0.15) is 84.3 Å². The van der Waals surface area contributed by atoms with Crippen LogP contribution in [0, 0.1) is 0 Å². The van der Waals surface area contributed by atoms with Crippen LogP contribution in [0.25, 0.3) is 0 Å². The number of rotatable bonds is 10.